The van der Waals surface area contributed by atoms with Crippen LogP contribution in [0.5, 0.6) is 0 Å². The molecule has 8 nitrogen and oxygen atoms in total. The summed E-state index contributed by atoms with van der Waals surface area (Å²) >= 11 is 0. The van der Waals surface area contributed by atoms with Crippen LogP contribution in [0.25, 0.3) is 11.0 Å². The molecule has 0 atom stereocenters. The van der Waals surface area contributed by atoms with Gasteiger partial charge in [-0.15, -0.1) is 0 Å². The van der Waals surface area contributed by atoms with Gasteiger partial charge in [0, 0.05) is 17.9 Å². The van der Waals surface area contributed by atoms with Crippen LogP contribution >= 0.6 is 0 Å². The molecular formula is C17H20N6O2S. The molecular weight excluding hydrogens is 352 g/mol. The van der Waals surface area contributed by atoms with E-state index in [1.54, 1.807) is 12.1 Å². The van der Waals surface area contributed by atoms with Gasteiger partial charge < -0.3 is 15.6 Å². The molecule has 1 fully saturated rings. The maximum absolute atomic E-state index is 11.5. The van der Waals surface area contributed by atoms with Crippen molar-refractivity contribution in [3.63, 3.8) is 0 Å². The molecule has 4 rings (SSSR count). The molecule has 2 aromatic heterocycles. The number of hydrogen-bond acceptors (Lipinski definition) is 6. The van der Waals surface area contributed by atoms with E-state index in [1.165, 1.54) is 25.0 Å². The number of nitrogens with zero attached hydrogens (tertiary/aromatic N) is 2. The van der Waals surface area contributed by atoms with E-state index in [4.69, 9.17) is 5.14 Å². The molecule has 0 bridgehead atoms. The first-order chi connectivity index (χ1) is 12.5. The second-order valence-corrected chi connectivity index (χ2v) is 8.02. The van der Waals surface area contributed by atoms with Crippen LogP contribution in [0.2, 0.25) is 0 Å². The molecule has 2 heterocycles. The number of sulfonamides is 1. The van der Waals surface area contributed by atoms with Crippen molar-refractivity contribution in [1.82, 2.24) is 15.0 Å². The molecule has 0 unspecified atom stereocenters. The Morgan fingerprint density at radius 2 is 1.96 bits per heavy atom. The third kappa shape index (κ3) is 3.49. The molecule has 1 aliphatic rings. The molecule has 5 N–H and O–H groups in total. The topological polar surface area (TPSA) is 126 Å². The summed E-state index contributed by atoms with van der Waals surface area (Å²) in [5.41, 5.74) is 1.26. The van der Waals surface area contributed by atoms with Gasteiger partial charge in [-0.05, 0) is 37.1 Å². The summed E-state index contributed by atoms with van der Waals surface area (Å²) in [7, 11) is -3.77. The average molecular weight is 372 g/mol. The van der Waals surface area contributed by atoms with E-state index in [-0.39, 0.29) is 4.90 Å². The highest BCUT2D eigenvalue weighted by atomic mass is 32.2. The van der Waals surface area contributed by atoms with Gasteiger partial charge in [-0.25, -0.2) is 13.6 Å². The standard InChI is InChI=1S/C17H20N6O2S/c18-26(24,25)13-7-3-6-12(10-13)21-17-22-15-14(8-9-19-15)16(23-17)20-11-4-1-2-5-11/h3,6-11H,1-2,4-5H2,(H2,18,24,25)(H3,19,20,21,22,23). The fraction of sp³-hybridized carbons (Fsp3) is 0.294. The smallest absolute Gasteiger partial charge is 0.238 e. The van der Waals surface area contributed by atoms with Gasteiger partial charge in [0.15, 0.2) is 0 Å². The predicted molar refractivity (Wildman–Crippen MR) is 101 cm³/mol. The van der Waals surface area contributed by atoms with E-state index in [0.29, 0.717) is 23.3 Å². The van der Waals surface area contributed by atoms with Crippen molar-refractivity contribution in [2.45, 2.75) is 36.6 Å². The Hall–Kier alpha value is -2.65. The molecule has 0 spiro atoms. The Balaban J connectivity index is 1.66. The van der Waals surface area contributed by atoms with E-state index in [1.807, 2.05) is 12.3 Å². The minimum Gasteiger partial charge on any atom is -0.367 e. The van der Waals surface area contributed by atoms with Crippen LogP contribution in [0, 0.1) is 0 Å². The second kappa shape index (κ2) is 6.58. The normalized spacial score (nSPS) is 15.4. The molecule has 3 aromatic rings. The SMILES string of the molecule is NS(=O)(=O)c1cccc(Nc2nc(NC3CCCC3)c3cc[nH]c3n2)c1. The number of nitrogens with two attached hydrogens (primary N) is 1. The number of hydrogen-bond donors (Lipinski definition) is 4. The number of fused-ring (bicyclic) bond motifs is 1. The summed E-state index contributed by atoms with van der Waals surface area (Å²) in [5.74, 6) is 1.15. The number of benzene rings is 1. The first-order valence-electron chi connectivity index (χ1n) is 8.50. The molecule has 136 valence electrons. The number of nitrogens with one attached hydrogen (secondary N) is 3. The van der Waals surface area contributed by atoms with Gasteiger partial charge in [0.1, 0.15) is 11.5 Å². The Bertz CT molecular complexity index is 1040. The van der Waals surface area contributed by atoms with Crippen molar-refractivity contribution in [2.24, 2.45) is 5.14 Å². The lowest BCUT2D eigenvalue weighted by Crippen LogP contribution is -2.16. The van der Waals surface area contributed by atoms with Gasteiger partial charge >= 0.3 is 0 Å². The maximum Gasteiger partial charge on any atom is 0.238 e. The zero-order chi connectivity index (χ0) is 18.1. The molecule has 0 saturated heterocycles. The lowest BCUT2D eigenvalue weighted by atomic mass is 10.2. The summed E-state index contributed by atoms with van der Waals surface area (Å²) in [6.07, 6.45) is 6.55. The van der Waals surface area contributed by atoms with Gasteiger partial charge in [0.05, 0.1) is 10.3 Å². The van der Waals surface area contributed by atoms with Gasteiger partial charge in [-0.3, -0.25) is 0 Å². The van der Waals surface area contributed by atoms with Crippen LogP contribution in [-0.2, 0) is 10.0 Å². The van der Waals surface area contributed by atoms with Crippen LogP contribution < -0.4 is 15.8 Å². The number of primary sulfonamides is 1. The molecule has 1 aliphatic carbocycles. The Kier molecular flexibility index (Phi) is 4.25. The van der Waals surface area contributed by atoms with E-state index in [0.717, 1.165) is 24.0 Å². The van der Waals surface area contributed by atoms with Crippen molar-refractivity contribution in [3.8, 4) is 0 Å². The third-order valence-corrected chi connectivity index (χ3v) is 5.44. The number of rotatable bonds is 5. The quantitative estimate of drug-likeness (QED) is 0.545. The van der Waals surface area contributed by atoms with E-state index < -0.39 is 10.0 Å². The van der Waals surface area contributed by atoms with Crippen molar-refractivity contribution in [1.29, 1.82) is 0 Å². The summed E-state index contributed by atoms with van der Waals surface area (Å²) < 4.78 is 23.1. The minimum atomic E-state index is -3.77. The maximum atomic E-state index is 11.5. The molecule has 1 saturated carbocycles. The Morgan fingerprint density at radius 3 is 2.73 bits per heavy atom. The number of H-pyrrole nitrogens is 1. The van der Waals surface area contributed by atoms with Crippen LogP contribution in [0.4, 0.5) is 17.5 Å². The first kappa shape index (κ1) is 16.8. The summed E-state index contributed by atoms with van der Waals surface area (Å²) in [4.78, 5) is 12.2. The van der Waals surface area contributed by atoms with Crippen molar-refractivity contribution < 1.29 is 8.42 Å². The molecule has 0 aliphatic heterocycles. The van der Waals surface area contributed by atoms with E-state index in [2.05, 4.69) is 25.6 Å². The van der Waals surface area contributed by atoms with Gasteiger partial charge in [-0.2, -0.15) is 9.97 Å². The highest BCUT2D eigenvalue weighted by Crippen LogP contribution is 2.27. The van der Waals surface area contributed by atoms with Crippen LogP contribution in [0.3, 0.4) is 0 Å². The van der Waals surface area contributed by atoms with Gasteiger partial charge in [-0.1, -0.05) is 18.9 Å². The first-order valence-corrected chi connectivity index (χ1v) is 10.1. The lowest BCUT2D eigenvalue weighted by molar-refractivity contribution is 0.598. The second-order valence-electron chi connectivity index (χ2n) is 6.46. The van der Waals surface area contributed by atoms with Crippen LogP contribution in [0.15, 0.2) is 41.4 Å². The van der Waals surface area contributed by atoms with E-state index in [9.17, 15) is 8.42 Å². The van der Waals surface area contributed by atoms with Crippen LogP contribution in [0.1, 0.15) is 25.7 Å². The Labute approximate surface area is 151 Å². The zero-order valence-corrected chi connectivity index (χ0v) is 14.9. The monoisotopic (exact) mass is 372 g/mol. The van der Waals surface area contributed by atoms with Crippen molar-refractivity contribution in [3.05, 3.63) is 36.5 Å². The minimum absolute atomic E-state index is 0.0350. The highest BCUT2D eigenvalue weighted by molar-refractivity contribution is 7.89. The summed E-state index contributed by atoms with van der Waals surface area (Å²) in [5, 5.41) is 12.7. The fourth-order valence-electron chi connectivity index (χ4n) is 3.25. The van der Waals surface area contributed by atoms with Crippen LogP contribution in [-0.4, -0.2) is 29.4 Å². The Morgan fingerprint density at radius 1 is 1.15 bits per heavy atom. The number of aromatic nitrogens is 3. The average Bonchev–Trinajstić information content (AvgIpc) is 3.26. The molecule has 0 amide bonds. The molecule has 26 heavy (non-hydrogen) atoms. The number of aromatic amines is 1. The molecule has 1 aromatic carbocycles. The molecule has 9 heteroatoms. The molecule has 0 radical (unpaired) electrons. The van der Waals surface area contributed by atoms with Gasteiger partial charge in [0.25, 0.3) is 0 Å². The fourth-order valence-corrected chi connectivity index (χ4v) is 3.81. The highest BCUT2D eigenvalue weighted by Gasteiger charge is 2.18. The largest absolute Gasteiger partial charge is 0.367 e. The van der Waals surface area contributed by atoms with E-state index >= 15 is 0 Å². The number of anilines is 3. The summed E-state index contributed by atoms with van der Waals surface area (Å²) in [6, 6.07) is 8.62. The van der Waals surface area contributed by atoms with Crippen molar-refractivity contribution in [2.75, 3.05) is 10.6 Å². The third-order valence-electron chi connectivity index (χ3n) is 4.53. The summed E-state index contributed by atoms with van der Waals surface area (Å²) in [6.45, 7) is 0. The van der Waals surface area contributed by atoms with Gasteiger partial charge in [0.2, 0.25) is 16.0 Å². The van der Waals surface area contributed by atoms with Crippen molar-refractivity contribution >= 4 is 38.5 Å². The zero-order valence-electron chi connectivity index (χ0n) is 14.1. The predicted octanol–water partition coefficient (Wildman–Crippen LogP) is 2.70. The lowest BCUT2D eigenvalue weighted by Gasteiger charge is -2.15.